The second kappa shape index (κ2) is 7.43. The zero-order chi connectivity index (χ0) is 21.4. The lowest BCUT2D eigenvalue weighted by Gasteiger charge is -2.16. The molecule has 30 heavy (non-hydrogen) atoms. The van der Waals surface area contributed by atoms with Gasteiger partial charge in [-0.1, -0.05) is 6.07 Å². The molecule has 0 spiro atoms. The second-order valence-corrected chi connectivity index (χ2v) is 6.84. The number of hydrogen-bond acceptors (Lipinski definition) is 5. The van der Waals surface area contributed by atoms with Gasteiger partial charge in [0, 0.05) is 12.6 Å². The van der Waals surface area contributed by atoms with Gasteiger partial charge in [0.2, 0.25) is 0 Å². The van der Waals surface area contributed by atoms with Gasteiger partial charge >= 0.3 is 5.97 Å². The fourth-order valence-electron chi connectivity index (χ4n) is 3.28. The number of rotatable bonds is 5. The molecule has 3 aromatic heterocycles. The van der Waals surface area contributed by atoms with Gasteiger partial charge in [-0.05, 0) is 47.9 Å². The average molecular weight is 409 g/mol. The van der Waals surface area contributed by atoms with Crippen LogP contribution < -0.4 is 11.1 Å². The molecule has 0 atom stereocenters. The lowest BCUT2D eigenvalue weighted by molar-refractivity contribution is 0.0697. The summed E-state index contributed by atoms with van der Waals surface area (Å²) in [6.45, 7) is 1.75. The van der Waals surface area contributed by atoms with E-state index < -0.39 is 17.6 Å². The van der Waals surface area contributed by atoms with E-state index in [0.717, 1.165) is 5.56 Å². The first-order valence-electron chi connectivity index (χ1n) is 8.98. The van der Waals surface area contributed by atoms with Gasteiger partial charge in [-0.2, -0.15) is 0 Å². The summed E-state index contributed by atoms with van der Waals surface area (Å²) in [4.78, 5) is 19.8. The van der Waals surface area contributed by atoms with Crippen LogP contribution in [0.15, 0.2) is 49.1 Å². The first kappa shape index (κ1) is 19.3. The van der Waals surface area contributed by atoms with E-state index in [2.05, 4.69) is 15.3 Å². The number of aromatic carboxylic acids is 1. The molecule has 4 rings (SSSR count). The molecule has 0 aliphatic rings. The van der Waals surface area contributed by atoms with Gasteiger partial charge in [0.25, 0.3) is 0 Å². The summed E-state index contributed by atoms with van der Waals surface area (Å²) >= 11 is 0. The van der Waals surface area contributed by atoms with Crippen molar-refractivity contribution in [1.82, 2.24) is 14.4 Å². The predicted molar refractivity (Wildman–Crippen MR) is 108 cm³/mol. The molecule has 3 heterocycles. The maximum Gasteiger partial charge on any atom is 0.339 e. The van der Waals surface area contributed by atoms with Crippen molar-refractivity contribution in [3.8, 4) is 0 Å². The number of carboxylic acid groups (broad SMARTS) is 1. The summed E-state index contributed by atoms with van der Waals surface area (Å²) in [5.74, 6) is -2.49. The number of aromatic nitrogens is 3. The summed E-state index contributed by atoms with van der Waals surface area (Å²) in [5.41, 5.74) is 7.62. The summed E-state index contributed by atoms with van der Waals surface area (Å²) in [5, 5.41) is 12.6. The van der Waals surface area contributed by atoms with Gasteiger partial charge in [0.15, 0.2) is 11.6 Å². The molecule has 9 heteroatoms. The molecule has 7 nitrogen and oxygen atoms in total. The molecule has 0 saturated carbocycles. The van der Waals surface area contributed by atoms with Gasteiger partial charge < -0.3 is 16.2 Å². The molecule has 0 aliphatic heterocycles. The number of carbonyl (C=O) groups is 1. The highest BCUT2D eigenvalue weighted by molar-refractivity contribution is 5.95. The van der Waals surface area contributed by atoms with E-state index in [1.807, 2.05) is 0 Å². The standard InChI is InChI=1S/C21H17F2N5O2/c1-11-2-3-16(15(22)6-11)27-20-14(21(29)30)8-13(17-9-25-10-28(17)20)7-12-4-5-26-19(24)18(12)23/h2-6,8-10,27H,7H2,1H3,(H2,24,26)(H,29,30). The number of benzene rings is 1. The summed E-state index contributed by atoms with van der Waals surface area (Å²) in [6, 6.07) is 7.49. The minimum atomic E-state index is -1.23. The van der Waals surface area contributed by atoms with Crippen LogP contribution in [0.3, 0.4) is 0 Å². The maximum absolute atomic E-state index is 14.3. The number of nitrogens with one attached hydrogen (secondary N) is 1. The summed E-state index contributed by atoms with van der Waals surface area (Å²) in [7, 11) is 0. The number of hydrogen-bond donors (Lipinski definition) is 3. The van der Waals surface area contributed by atoms with Gasteiger partial charge in [0.1, 0.15) is 23.5 Å². The van der Waals surface area contributed by atoms with Crippen LogP contribution in [0.4, 0.5) is 26.1 Å². The fourth-order valence-corrected chi connectivity index (χ4v) is 3.28. The molecule has 152 valence electrons. The number of nitrogens with zero attached hydrogens (tertiary/aromatic N) is 3. The van der Waals surface area contributed by atoms with Gasteiger partial charge in [-0.15, -0.1) is 0 Å². The van der Waals surface area contributed by atoms with E-state index in [1.165, 1.54) is 47.4 Å². The molecular weight excluding hydrogens is 392 g/mol. The van der Waals surface area contributed by atoms with Gasteiger partial charge in [0.05, 0.1) is 17.4 Å². The lowest BCUT2D eigenvalue weighted by atomic mass is 10.0. The van der Waals surface area contributed by atoms with E-state index in [1.54, 1.807) is 13.0 Å². The van der Waals surface area contributed by atoms with E-state index in [0.29, 0.717) is 11.1 Å². The summed E-state index contributed by atoms with van der Waals surface area (Å²) < 4.78 is 30.2. The predicted octanol–water partition coefficient (Wildman–Crippen LogP) is 3.93. The van der Waals surface area contributed by atoms with Crippen LogP contribution in [0.5, 0.6) is 0 Å². The Balaban J connectivity index is 1.85. The third kappa shape index (κ3) is 3.41. The van der Waals surface area contributed by atoms with E-state index in [-0.39, 0.29) is 34.9 Å². The Hall–Kier alpha value is -4.01. The molecular formula is C21H17F2N5O2. The van der Waals surface area contributed by atoms with Crippen molar-refractivity contribution < 1.29 is 18.7 Å². The van der Waals surface area contributed by atoms with E-state index in [4.69, 9.17) is 5.73 Å². The number of nitrogens with two attached hydrogens (primary N) is 1. The Bertz CT molecular complexity index is 1290. The molecule has 0 bridgehead atoms. The Morgan fingerprint density at radius 1 is 1.23 bits per heavy atom. The quantitative estimate of drug-likeness (QED) is 0.461. The summed E-state index contributed by atoms with van der Waals surface area (Å²) in [6.07, 6.45) is 4.40. The van der Waals surface area contributed by atoms with Gasteiger partial charge in [-0.25, -0.2) is 23.5 Å². The van der Waals surface area contributed by atoms with E-state index in [9.17, 15) is 18.7 Å². The monoisotopic (exact) mass is 409 g/mol. The molecule has 0 saturated heterocycles. The maximum atomic E-state index is 14.3. The normalized spacial score (nSPS) is 11.0. The molecule has 0 unspecified atom stereocenters. The average Bonchev–Trinajstić information content (AvgIpc) is 3.19. The molecule has 0 aliphatic carbocycles. The first-order chi connectivity index (χ1) is 14.3. The van der Waals surface area contributed by atoms with Crippen LogP contribution >= 0.6 is 0 Å². The Morgan fingerprint density at radius 3 is 2.77 bits per heavy atom. The number of anilines is 3. The molecule has 0 fully saturated rings. The highest BCUT2D eigenvalue weighted by atomic mass is 19.1. The molecule has 0 amide bonds. The minimum Gasteiger partial charge on any atom is -0.478 e. The first-order valence-corrected chi connectivity index (χ1v) is 8.98. The number of imidazole rings is 1. The number of halogens is 2. The molecule has 0 radical (unpaired) electrons. The van der Waals surface area contributed by atoms with Crippen molar-refractivity contribution in [2.24, 2.45) is 0 Å². The van der Waals surface area contributed by atoms with E-state index >= 15 is 0 Å². The Kier molecular flexibility index (Phi) is 4.78. The zero-order valence-electron chi connectivity index (χ0n) is 15.9. The molecule has 4 N–H and O–H groups in total. The highest BCUT2D eigenvalue weighted by Crippen LogP contribution is 2.29. The third-order valence-corrected chi connectivity index (χ3v) is 4.77. The van der Waals surface area contributed by atoms with Crippen LogP contribution in [-0.4, -0.2) is 25.4 Å². The molecule has 4 aromatic rings. The smallest absolute Gasteiger partial charge is 0.339 e. The zero-order valence-corrected chi connectivity index (χ0v) is 15.9. The topological polar surface area (TPSA) is 106 Å². The van der Waals surface area contributed by atoms with Crippen LogP contribution in [0, 0.1) is 18.6 Å². The van der Waals surface area contributed by atoms with Crippen molar-refractivity contribution in [3.05, 3.63) is 82.9 Å². The van der Waals surface area contributed by atoms with Crippen molar-refractivity contribution in [3.63, 3.8) is 0 Å². The highest BCUT2D eigenvalue weighted by Gasteiger charge is 2.20. The number of carboxylic acids is 1. The van der Waals surface area contributed by atoms with Crippen molar-refractivity contribution >= 4 is 28.8 Å². The van der Waals surface area contributed by atoms with Crippen LogP contribution in [0.2, 0.25) is 0 Å². The minimum absolute atomic E-state index is 0.0766. The third-order valence-electron chi connectivity index (χ3n) is 4.77. The van der Waals surface area contributed by atoms with Gasteiger partial charge in [-0.3, -0.25) is 4.40 Å². The van der Waals surface area contributed by atoms with Crippen molar-refractivity contribution in [2.45, 2.75) is 13.3 Å². The fraction of sp³-hybridized carbons (Fsp3) is 0.0952. The van der Waals surface area contributed by atoms with Crippen LogP contribution in [0.25, 0.3) is 5.52 Å². The molecule has 1 aromatic carbocycles. The number of aryl methyl sites for hydroxylation is 1. The number of fused-ring (bicyclic) bond motifs is 1. The Labute approximate surface area is 169 Å². The lowest BCUT2D eigenvalue weighted by Crippen LogP contribution is -2.11. The number of pyridine rings is 2. The second-order valence-electron chi connectivity index (χ2n) is 6.84. The number of nitrogen functional groups attached to an aromatic ring is 1. The largest absolute Gasteiger partial charge is 0.478 e. The van der Waals surface area contributed by atoms with Crippen LogP contribution in [0.1, 0.15) is 27.0 Å². The van der Waals surface area contributed by atoms with Crippen LogP contribution in [-0.2, 0) is 6.42 Å². The SMILES string of the molecule is Cc1ccc(Nc2c(C(=O)O)cc(Cc3ccnc(N)c3F)c3cncn23)c(F)c1. The Morgan fingerprint density at radius 2 is 2.03 bits per heavy atom. The van der Waals surface area contributed by atoms with Crippen molar-refractivity contribution in [1.29, 1.82) is 0 Å². The van der Waals surface area contributed by atoms with Crippen molar-refractivity contribution in [2.75, 3.05) is 11.1 Å².